The molecule has 0 atom stereocenters. The van der Waals surface area contributed by atoms with Crippen molar-refractivity contribution < 1.29 is 9.66 Å². The van der Waals surface area contributed by atoms with Crippen molar-refractivity contribution >= 4 is 17.3 Å². The second-order valence-corrected chi connectivity index (χ2v) is 4.34. The maximum absolute atomic E-state index is 10.9. The van der Waals surface area contributed by atoms with Gasteiger partial charge in [0.15, 0.2) is 0 Å². The number of ether oxygens (including phenoxy) is 1. The molecule has 0 heterocycles. The molecule has 5 nitrogen and oxygen atoms in total. The summed E-state index contributed by atoms with van der Waals surface area (Å²) in [6, 6.07) is 4.72. The number of hydrogen-bond donors (Lipinski definition) is 1. The second kappa shape index (κ2) is 8.02. The Kier molecular flexibility index (Phi) is 6.64. The van der Waals surface area contributed by atoms with Crippen molar-refractivity contribution in [3.05, 3.63) is 38.9 Å². The zero-order valence-corrected chi connectivity index (χ0v) is 11.1. The summed E-state index contributed by atoms with van der Waals surface area (Å²) in [6.07, 6.45) is 1.96. The summed E-state index contributed by atoms with van der Waals surface area (Å²) in [5.74, 6) is 0. The SMILES string of the molecule is COCCCCNCc1ccc(Cl)cc1[N+](=O)[O-]. The summed E-state index contributed by atoms with van der Waals surface area (Å²) < 4.78 is 4.94. The lowest BCUT2D eigenvalue weighted by atomic mass is 10.2. The Morgan fingerprint density at radius 1 is 1.44 bits per heavy atom. The van der Waals surface area contributed by atoms with Crippen molar-refractivity contribution in [2.75, 3.05) is 20.3 Å². The van der Waals surface area contributed by atoms with Crippen LogP contribution in [-0.2, 0) is 11.3 Å². The number of halogens is 1. The van der Waals surface area contributed by atoms with Crippen LogP contribution in [-0.4, -0.2) is 25.2 Å². The van der Waals surface area contributed by atoms with Crippen molar-refractivity contribution in [2.45, 2.75) is 19.4 Å². The predicted molar refractivity (Wildman–Crippen MR) is 70.9 cm³/mol. The van der Waals surface area contributed by atoms with Crippen LogP contribution in [0.15, 0.2) is 18.2 Å². The molecule has 0 bridgehead atoms. The Morgan fingerprint density at radius 2 is 2.22 bits per heavy atom. The number of rotatable bonds is 8. The van der Waals surface area contributed by atoms with E-state index in [1.165, 1.54) is 6.07 Å². The van der Waals surface area contributed by atoms with E-state index in [1.807, 2.05) is 0 Å². The molecule has 0 amide bonds. The number of methoxy groups -OCH3 is 1. The van der Waals surface area contributed by atoms with Crippen molar-refractivity contribution in [1.29, 1.82) is 0 Å². The number of nitrogens with one attached hydrogen (secondary N) is 1. The lowest BCUT2D eigenvalue weighted by Crippen LogP contribution is -2.16. The molecule has 6 heteroatoms. The van der Waals surface area contributed by atoms with Crippen LogP contribution in [0.3, 0.4) is 0 Å². The molecule has 1 rings (SSSR count). The quantitative estimate of drug-likeness (QED) is 0.449. The highest BCUT2D eigenvalue weighted by Gasteiger charge is 2.13. The third kappa shape index (κ3) is 5.00. The van der Waals surface area contributed by atoms with E-state index >= 15 is 0 Å². The smallest absolute Gasteiger partial charge is 0.275 e. The first kappa shape index (κ1) is 14.9. The fourth-order valence-electron chi connectivity index (χ4n) is 1.58. The Morgan fingerprint density at radius 3 is 2.89 bits per heavy atom. The Hall–Kier alpha value is -1.17. The van der Waals surface area contributed by atoms with E-state index in [4.69, 9.17) is 16.3 Å². The number of nitro groups is 1. The van der Waals surface area contributed by atoms with Crippen molar-refractivity contribution in [2.24, 2.45) is 0 Å². The van der Waals surface area contributed by atoms with Crippen LogP contribution in [0.2, 0.25) is 5.02 Å². The molecule has 1 N–H and O–H groups in total. The molecular formula is C12H17ClN2O3. The molecule has 100 valence electrons. The van der Waals surface area contributed by atoms with Gasteiger partial charge in [0, 0.05) is 36.9 Å². The number of hydrogen-bond acceptors (Lipinski definition) is 4. The van der Waals surface area contributed by atoms with Crippen LogP contribution < -0.4 is 5.32 Å². The second-order valence-electron chi connectivity index (χ2n) is 3.91. The zero-order chi connectivity index (χ0) is 13.4. The van der Waals surface area contributed by atoms with E-state index in [9.17, 15) is 10.1 Å². The molecule has 1 aromatic carbocycles. The van der Waals surface area contributed by atoms with Gasteiger partial charge in [-0.3, -0.25) is 10.1 Å². The Bertz CT molecular complexity index is 399. The first-order valence-corrected chi connectivity index (χ1v) is 6.15. The predicted octanol–water partition coefficient (Wildman–Crippen LogP) is 2.76. The van der Waals surface area contributed by atoms with Crippen LogP contribution in [0.1, 0.15) is 18.4 Å². The molecular weight excluding hydrogens is 256 g/mol. The number of nitro benzene ring substituents is 1. The van der Waals surface area contributed by atoms with E-state index in [2.05, 4.69) is 5.32 Å². The van der Waals surface area contributed by atoms with E-state index in [1.54, 1.807) is 19.2 Å². The van der Waals surface area contributed by atoms with E-state index in [-0.39, 0.29) is 5.69 Å². The molecule has 0 aliphatic heterocycles. The Labute approximate surface area is 111 Å². The van der Waals surface area contributed by atoms with Gasteiger partial charge in [-0.15, -0.1) is 0 Å². The van der Waals surface area contributed by atoms with E-state index in [0.29, 0.717) is 17.1 Å². The lowest BCUT2D eigenvalue weighted by Gasteiger charge is -2.06. The molecule has 1 aromatic rings. The maximum atomic E-state index is 10.9. The van der Waals surface area contributed by atoms with Gasteiger partial charge in [-0.25, -0.2) is 0 Å². The van der Waals surface area contributed by atoms with Crippen molar-refractivity contribution in [3.63, 3.8) is 0 Å². The van der Waals surface area contributed by atoms with Crippen LogP contribution in [0, 0.1) is 10.1 Å². The van der Waals surface area contributed by atoms with E-state index in [0.717, 1.165) is 26.0 Å². The highest BCUT2D eigenvalue weighted by Crippen LogP contribution is 2.22. The van der Waals surface area contributed by atoms with Gasteiger partial charge in [-0.05, 0) is 31.5 Å². The topological polar surface area (TPSA) is 64.4 Å². The van der Waals surface area contributed by atoms with Crippen molar-refractivity contribution in [3.8, 4) is 0 Å². The average Bonchev–Trinajstić information content (AvgIpc) is 2.35. The van der Waals surface area contributed by atoms with Crippen LogP contribution >= 0.6 is 11.6 Å². The van der Waals surface area contributed by atoms with E-state index < -0.39 is 4.92 Å². The molecule has 0 aromatic heterocycles. The number of unbranched alkanes of at least 4 members (excludes halogenated alkanes) is 1. The van der Waals surface area contributed by atoms with Gasteiger partial charge >= 0.3 is 0 Å². The molecule has 0 unspecified atom stereocenters. The minimum absolute atomic E-state index is 0.0619. The minimum atomic E-state index is -0.409. The summed E-state index contributed by atoms with van der Waals surface area (Å²) in [5.41, 5.74) is 0.711. The standard InChI is InChI=1S/C12H17ClN2O3/c1-18-7-3-2-6-14-9-10-4-5-11(13)8-12(10)15(16)17/h4-5,8,14H,2-3,6-7,9H2,1H3. The minimum Gasteiger partial charge on any atom is -0.385 e. The summed E-state index contributed by atoms with van der Waals surface area (Å²) in [5, 5.41) is 14.4. The molecule has 0 aliphatic rings. The summed E-state index contributed by atoms with van der Waals surface area (Å²) in [7, 11) is 1.67. The fourth-order valence-corrected chi connectivity index (χ4v) is 1.74. The summed E-state index contributed by atoms with van der Waals surface area (Å²) >= 11 is 5.74. The zero-order valence-electron chi connectivity index (χ0n) is 10.3. The highest BCUT2D eigenvalue weighted by atomic mass is 35.5. The first-order valence-electron chi connectivity index (χ1n) is 5.77. The van der Waals surface area contributed by atoms with Gasteiger partial charge in [0.2, 0.25) is 0 Å². The molecule has 18 heavy (non-hydrogen) atoms. The normalized spacial score (nSPS) is 10.6. The number of nitrogens with zero attached hydrogens (tertiary/aromatic N) is 1. The lowest BCUT2D eigenvalue weighted by molar-refractivity contribution is -0.385. The molecule has 0 saturated heterocycles. The monoisotopic (exact) mass is 272 g/mol. The van der Waals surface area contributed by atoms with Gasteiger partial charge < -0.3 is 10.1 Å². The fraction of sp³-hybridized carbons (Fsp3) is 0.500. The maximum Gasteiger partial charge on any atom is 0.275 e. The van der Waals surface area contributed by atoms with Crippen LogP contribution in [0.25, 0.3) is 0 Å². The highest BCUT2D eigenvalue weighted by molar-refractivity contribution is 6.30. The van der Waals surface area contributed by atoms with Gasteiger partial charge in [-0.2, -0.15) is 0 Å². The number of benzene rings is 1. The first-order chi connectivity index (χ1) is 8.65. The molecule has 0 spiro atoms. The average molecular weight is 273 g/mol. The van der Waals surface area contributed by atoms with Crippen LogP contribution in [0.5, 0.6) is 0 Å². The Balaban J connectivity index is 2.44. The molecule has 0 radical (unpaired) electrons. The van der Waals surface area contributed by atoms with Crippen LogP contribution in [0.4, 0.5) is 5.69 Å². The van der Waals surface area contributed by atoms with Gasteiger partial charge in [-0.1, -0.05) is 11.6 Å². The third-order valence-electron chi connectivity index (χ3n) is 2.51. The molecule has 0 saturated carbocycles. The van der Waals surface area contributed by atoms with Gasteiger partial charge in [0.1, 0.15) is 0 Å². The molecule has 0 aliphatic carbocycles. The molecule has 0 fully saturated rings. The van der Waals surface area contributed by atoms with Crippen molar-refractivity contribution in [1.82, 2.24) is 5.32 Å². The summed E-state index contributed by atoms with van der Waals surface area (Å²) in [6.45, 7) is 2.02. The summed E-state index contributed by atoms with van der Waals surface area (Å²) in [4.78, 5) is 10.4. The largest absolute Gasteiger partial charge is 0.385 e. The van der Waals surface area contributed by atoms with Gasteiger partial charge in [0.25, 0.3) is 5.69 Å². The third-order valence-corrected chi connectivity index (χ3v) is 2.75. The van der Waals surface area contributed by atoms with Gasteiger partial charge in [0.05, 0.1) is 4.92 Å².